The zero-order chi connectivity index (χ0) is 20.3. The summed E-state index contributed by atoms with van der Waals surface area (Å²) in [7, 11) is 1.97. The highest BCUT2D eigenvalue weighted by molar-refractivity contribution is 6.30. The summed E-state index contributed by atoms with van der Waals surface area (Å²) in [6.07, 6.45) is 0. The molecular weight excluding hydrogens is 376 g/mol. The molecule has 1 heterocycles. The molecule has 1 N–H and O–H groups in total. The number of anilines is 2. The van der Waals surface area contributed by atoms with Gasteiger partial charge in [-0.1, -0.05) is 17.7 Å². The van der Waals surface area contributed by atoms with Crippen LogP contribution in [-0.2, 0) is 0 Å². The highest BCUT2D eigenvalue weighted by atomic mass is 35.5. The van der Waals surface area contributed by atoms with E-state index in [1.807, 2.05) is 37.1 Å². The lowest BCUT2D eigenvalue weighted by molar-refractivity contribution is 0.101. The second kappa shape index (κ2) is 8.27. The molecule has 0 aliphatic carbocycles. The number of aromatic nitrogens is 2. The van der Waals surface area contributed by atoms with Crippen molar-refractivity contribution in [2.45, 2.75) is 13.8 Å². The number of rotatable bonds is 5. The molecule has 0 saturated carbocycles. The molecule has 0 aliphatic rings. The minimum atomic E-state index is -0.552. The van der Waals surface area contributed by atoms with E-state index in [0.717, 1.165) is 12.2 Å². The number of halogens is 1. The van der Waals surface area contributed by atoms with Crippen LogP contribution in [0.25, 0.3) is 5.69 Å². The second-order valence-corrected chi connectivity index (χ2v) is 6.84. The summed E-state index contributed by atoms with van der Waals surface area (Å²) in [5.74, 6) is -0.552. The molecule has 0 saturated heterocycles. The molecule has 144 valence electrons. The number of benzene rings is 2. The number of hydrogen-bond acceptors (Lipinski definition) is 4. The van der Waals surface area contributed by atoms with Crippen molar-refractivity contribution in [1.29, 1.82) is 0 Å². The summed E-state index contributed by atoms with van der Waals surface area (Å²) >= 11 is 5.93. The van der Waals surface area contributed by atoms with Crippen LogP contribution in [0.4, 0.5) is 11.4 Å². The Morgan fingerprint density at radius 2 is 1.89 bits per heavy atom. The van der Waals surface area contributed by atoms with E-state index in [-0.39, 0.29) is 5.69 Å². The van der Waals surface area contributed by atoms with Crippen LogP contribution < -0.4 is 15.6 Å². The highest BCUT2D eigenvalue weighted by Gasteiger charge is 2.16. The molecule has 7 heteroatoms. The minimum Gasteiger partial charge on any atom is -0.375 e. The van der Waals surface area contributed by atoms with Crippen LogP contribution >= 0.6 is 11.6 Å². The first-order valence-corrected chi connectivity index (χ1v) is 9.26. The van der Waals surface area contributed by atoms with Gasteiger partial charge < -0.3 is 10.2 Å². The van der Waals surface area contributed by atoms with E-state index in [1.54, 1.807) is 41.9 Å². The third kappa shape index (κ3) is 4.23. The van der Waals surface area contributed by atoms with Gasteiger partial charge in [-0.05, 0) is 56.3 Å². The third-order valence-corrected chi connectivity index (χ3v) is 4.66. The number of nitrogens with zero attached hydrogens (tertiary/aromatic N) is 3. The first-order valence-electron chi connectivity index (χ1n) is 8.88. The van der Waals surface area contributed by atoms with Crippen molar-refractivity contribution in [3.05, 3.63) is 81.2 Å². The molecule has 2 aromatic carbocycles. The summed E-state index contributed by atoms with van der Waals surface area (Å²) < 4.78 is 1.55. The SMILES string of the molecule is CCN(C)c1cccc(NC(=O)c2nn(-c3ccc(Cl)cc3)c(C)cc2=O)c1. The van der Waals surface area contributed by atoms with Gasteiger partial charge in [-0.15, -0.1) is 0 Å². The Hall–Kier alpha value is -3.12. The molecule has 0 atom stereocenters. The maximum absolute atomic E-state index is 12.7. The third-order valence-electron chi connectivity index (χ3n) is 4.41. The van der Waals surface area contributed by atoms with Crippen molar-refractivity contribution < 1.29 is 4.79 Å². The normalized spacial score (nSPS) is 10.6. The summed E-state index contributed by atoms with van der Waals surface area (Å²) in [6, 6.07) is 15.8. The molecule has 0 aliphatic heterocycles. The van der Waals surface area contributed by atoms with Gasteiger partial charge in [0.25, 0.3) is 5.91 Å². The molecule has 0 radical (unpaired) electrons. The van der Waals surface area contributed by atoms with Gasteiger partial charge in [-0.25, -0.2) is 4.68 Å². The Kier molecular flexibility index (Phi) is 5.80. The Labute approximate surface area is 168 Å². The van der Waals surface area contributed by atoms with E-state index in [4.69, 9.17) is 11.6 Å². The van der Waals surface area contributed by atoms with Gasteiger partial charge in [0.1, 0.15) is 0 Å². The summed E-state index contributed by atoms with van der Waals surface area (Å²) in [4.78, 5) is 27.1. The number of amides is 1. The maximum Gasteiger partial charge on any atom is 0.280 e. The van der Waals surface area contributed by atoms with Gasteiger partial charge in [-0.2, -0.15) is 5.10 Å². The predicted octanol–water partition coefficient (Wildman–Crippen LogP) is 3.90. The van der Waals surface area contributed by atoms with E-state index in [0.29, 0.717) is 22.1 Å². The molecule has 0 fully saturated rings. The molecule has 1 amide bonds. The van der Waals surface area contributed by atoms with Crippen LogP contribution in [0, 0.1) is 6.92 Å². The quantitative estimate of drug-likeness (QED) is 0.710. The number of carbonyl (C=O) groups is 1. The maximum atomic E-state index is 12.7. The zero-order valence-corrected chi connectivity index (χ0v) is 16.7. The van der Waals surface area contributed by atoms with Gasteiger partial charge in [0, 0.05) is 41.8 Å². The molecule has 0 spiro atoms. The molecular formula is C21H21ClN4O2. The van der Waals surface area contributed by atoms with Gasteiger partial charge >= 0.3 is 0 Å². The lowest BCUT2D eigenvalue weighted by atomic mass is 10.2. The van der Waals surface area contributed by atoms with Crippen molar-refractivity contribution in [1.82, 2.24) is 9.78 Å². The predicted molar refractivity (Wildman–Crippen MR) is 113 cm³/mol. The Balaban J connectivity index is 1.93. The van der Waals surface area contributed by atoms with E-state index in [2.05, 4.69) is 10.4 Å². The van der Waals surface area contributed by atoms with Gasteiger partial charge in [-0.3, -0.25) is 9.59 Å². The fourth-order valence-corrected chi connectivity index (χ4v) is 2.87. The number of hydrogen-bond donors (Lipinski definition) is 1. The van der Waals surface area contributed by atoms with Gasteiger partial charge in [0.05, 0.1) is 5.69 Å². The van der Waals surface area contributed by atoms with Crippen molar-refractivity contribution in [3.63, 3.8) is 0 Å². The van der Waals surface area contributed by atoms with Crippen molar-refractivity contribution in [3.8, 4) is 5.69 Å². The average molecular weight is 397 g/mol. The Morgan fingerprint density at radius 3 is 2.57 bits per heavy atom. The number of nitrogens with one attached hydrogen (secondary N) is 1. The first kappa shape index (κ1) is 19.6. The summed E-state index contributed by atoms with van der Waals surface area (Å²) in [5, 5.41) is 7.64. The highest BCUT2D eigenvalue weighted by Crippen LogP contribution is 2.19. The van der Waals surface area contributed by atoms with E-state index >= 15 is 0 Å². The second-order valence-electron chi connectivity index (χ2n) is 6.41. The fraction of sp³-hybridized carbons (Fsp3) is 0.190. The molecule has 28 heavy (non-hydrogen) atoms. The topological polar surface area (TPSA) is 67.2 Å². The molecule has 1 aromatic heterocycles. The van der Waals surface area contributed by atoms with Crippen LogP contribution in [0.5, 0.6) is 0 Å². The average Bonchev–Trinajstić information content (AvgIpc) is 2.68. The van der Waals surface area contributed by atoms with Crippen LogP contribution in [0.3, 0.4) is 0 Å². The van der Waals surface area contributed by atoms with Crippen LogP contribution in [-0.4, -0.2) is 29.3 Å². The number of carbonyl (C=O) groups excluding carboxylic acids is 1. The summed E-state index contributed by atoms with van der Waals surface area (Å²) in [5.41, 5.74) is 2.30. The van der Waals surface area contributed by atoms with Crippen LogP contribution in [0.2, 0.25) is 5.02 Å². The summed E-state index contributed by atoms with van der Waals surface area (Å²) in [6.45, 7) is 4.64. The molecule has 6 nitrogen and oxygen atoms in total. The lowest BCUT2D eigenvalue weighted by Gasteiger charge is -2.17. The van der Waals surface area contributed by atoms with Gasteiger partial charge in [0.15, 0.2) is 5.69 Å². The minimum absolute atomic E-state index is 0.171. The largest absolute Gasteiger partial charge is 0.375 e. The van der Waals surface area contributed by atoms with Crippen molar-refractivity contribution in [2.75, 3.05) is 23.8 Å². The lowest BCUT2D eigenvalue weighted by Crippen LogP contribution is -2.27. The van der Waals surface area contributed by atoms with E-state index in [1.165, 1.54) is 6.07 Å². The van der Waals surface area contributed by atoms with Crippen molar-refractivity contribution in [2.24, 2.45) is 0 Å². The van der Waals surface area contributed by atoms with Crippen LogP contribution in [0.15, 0.2) is 59.4 Å². The molecule has 3 rings (SSSR count). The van der Waals surface area contributed by atoms with Crippen LogP contribution in [0.1, 0.15) is 23.1 Å². The van der Waals surface area contributed by atoms with E-state index < -0.39 is 11.3 Å². The Bertz CT molecular complexity index is 1060. The zero-order valence-electron chi connectivity index (χ0n) is 15.9. The number of aryl methyl sites for hydroxylation is 1. The molecule has 0 bridgehead atoms. The molecule has 0 unspecified atom stereocenters. The Morgan fingerprint density at radius 1 is 1.18 bits per heavy atom. The molecule has 3 aromatic rings. The monoisotopic (exact) mass is 396 g/mol. The van der Waals surface area contributed by atoms with E-state index in [9.17, 15) is 9.59 Å². The first-order chi connectivity index (χ1) is 13.4. The standard InChI is InChI=1S/C21H21ClN4O2/c1-4-25(3)18-7-5-6-16(13-18)23-21(28)20-19(27)12-14(2)26(24-20)17-10-8-15(22)9-11-17/h5-13H,4H2,1-3H3,(H,23,28). The smallest absolute Gasteiger partial charge is 0.280 e. The van der Waals surface area contributed by atoms with Crippen molar-refractivity contribution >= 4 is 28.9 Å². The fourth-order valence-electron chi connectivity index (χ4n) is 2.74. The van der Waals surface area contributed by atoms with Gasteiger partial charge in [0.2, 0.25) is 5.43 Å².